The van der Waals surface area contributed by atoms with E-state index in [9.17, 15) is 18.0 Å². The molecule has 1 aromatic heterocycles. The van der Waals surface area contributed by atoms with Gasteiger partial charge in [-0.25, -0.2) is 13.4 Å². The van der Waals surface area contributed by atoms with Crippen molar-refractivity contribution in [3.05, 3.63) is 89.6 Å². The van der Waals surface area contributed by atoms with Crippen LogP contribution < -0.4 is 15.4 Å². The highest BCUT2D eigenvalue weighted by Crippen LogP contribution is 2.18. The van der Waals surface area contributed by atoms with Crippen molar-refractivity contribution >= 4 is 21.8 Å². The van der Waals surface area contributed by atoms with Crippen LogP contribution in [0.5, 0.6) is 5.88 Å². The lowest BCUT2D eigenvalue weighted by molar-refractivity contribution is -0.122. The lowest BCUT2D eigenvalue weighted by Gasteiger charge is -2.26. The summed E-state index contributed by atoms with van der Waals surface area (Å²) >= 11 is 0. The fraction of sp³-hybridized carbons (Fsp3) is 0.208. The second-order valence-corrected chi connectivity index (χ2v) is 9.61. The summed E-state index contributed by atoms with van der Waals surface area (Å²) in [5.41, 5.74) is 2.01. The minimum absolute atomic E-state index is 0.0321. The quantitative estimate of drug-likeness (QED) is 0.507. The van der Waals surface area contributed by atoms with Gasteiger partial charge in [0, 0.05) is 37.5 Å². The fourth-order valence-corrected chi connectivity index (χ4v) is 4.87. The molecule has 0 saturated carbocycles. The summed E-state index contributed by atoms with van der Waals surface area (Å²) in [6, 6.07) is 19.0. The molecule has 10 heteroatoms. The summed E-state index contributed by atoms with van der Waals surface area (Å²) in [6.07, 6.45) is 1.60. The third-order valence-corrected chi connectivity index (χ3v) is 7.06. The van der Waals surface area contributed by atoms with Crippen molar-refractivity contribution in [2.24, 2.45) is 0 Å². The third-order valence-electron chi connectivity index (χ3n) is 5.22. The lowest BCUT2D eigenvalue weighted by Crippen LogP contribution is -2.49. The van der Waals surface area contributed by atoms with Crippen molar-refractivity contribution in [2.75, 3.05) is 19.6 Å². The van der Waals surface area contributed by atoms with Gasteiger partial charge in [0.2, 0.25) is 21.8 Å². The number of nitrogens with zero attached hydrogens (tertiary/aromatic N) is 2. The zero-order valence-electron chi connectivity index (χ0n) is 18.3. The number of pyridine rings is 1. The van der Waals surface area contributed by atoms with Gasteiger partial charge in [0.05, 0.1) is 11.4 Å². The molecule has 9 nitrogen and oxygen atoms in total. The van der Waals surface area contributed by atoms with Gasteiger partial charge >= 0.3 is 0 Å². The first kappa shape index (κ1) is 23.4. The Bertz CT molecular complexity index is 1280. The van der Waals surface area contributed by atoms with Crippen LogP contribution in [0, 0.1) is 0 Å². The molecule has 34 heavy (non-hydrogen) atoms. The maximum atomic E-state index is 12.9. The average Bonchev–Trinajstić information content (AvgIpc) is 2.87. The Hall–Kier alpha value is -3.76. The van der Waals surface area contributed by atoms with E-state index in [1.165, 1.54) is 24.3 Å². The molecule has 2 heterocycles. The van der Waals surface area contributed by atoms with E-state index in [1.54, 1.807) is 18.3 Å². The van der Waals surface area contributed by atoms with E-state index < -0.39 is 15.9 Å². The summed E-state index contributed by atoms with van der Waals surface area (Å²) in [5, 5.41) is 5.38. The molecule has 0 atom stereocenters. The van der Waals surface area contributed by atoms with Gasteiger partial charge in [0.1, 0.15) is 6.61 Å². The molecule has 2 aromatic carbocycles. The summed E-state index contributed by atoms with van der Waals surface area (Å²) in [4.78, 5) is 28.4. The number of nitrogens with one attached hydrogen (secondary N) is 2. The second-order valence-electron chi connectivity index (χ2n) is 7.68. The number of sulfonamides is 1. The maximum Gasteiger partial charge on any atom is 0.251 e. The largest absolute Gasteiger partial charge is 0.473 e. The van der Waals surface area contributed by atoms with Crippen molar-refractivity contribution in [1.29, 1.82) is 0 Å². The molecule has 0 aliphatic carbocycles. The SMILES string of the molecule is O=C1CN(S(=O)(=O)c2cccc(C(=O)NCc3ccnc(OCc4ccccc4)c3)c2)CCN1. The number of aromatic nitrogens is 1. The van der Waals surface area contributed by atoms with Crippen molar-refractivity contribution in [1.82, 2.24) is 19.9 Å². The Labute approximate surface area is 197 Å². The van der Waals surface area contributed by atoms with Crippen LogP contribution in [-0.4, -0.2) is 49.2 Å². The number of benzene rings is 2. The highest BCUT2D eigenvalue weighted by molar-refractivity contribution is 7.89. The van der Waals surface area contributed by atoms with Gasteiger partial charge in [-0.1, -0.05) is 36.4 Å². The number of rotatable bonds is 8. The topological polar surface area (TPSA) is 118 Å². The van der Waals surface area contributed by atoms with Crippen LogP contribution in [-0.2, 0) is 28.0 Å². The molecule has 0 spiro atoms. The number of hydrogen-bond donors (Lipinski definition) is 2. The van der Waals surface area contributed by atoms with Gasteiger partial charge in [0.15, 0.2) is 0 Å². The molecule has 2 amide bonds. The number of hydrogen-bond acceptors (Lipinski definition) is 6. The van der Waals surface area contributed by atoms with E-state index >= 15 is 0 Å². The number of piperazine rings is 1. The van der Waals surface area contributed by atoms with Gasteiger partial charge in [-0.05, 0) is 35.4 Å². The van der Waals surface area contributed by atoms with Crippen LogP contribution >= 0.6 is 0 Å². The van der Waals surface area contributed by atoms with Crippen LogP contribution in [0.4, 0.5) is 0 Å². The predicted molar refractivity (Wildman–Crippen MR) is 124 cm³/mol. The molecule has 1 fully saturated rings. The van der Waals surface area contributed by atoms with Crippen LogP contribution in [0.15, 0.2) is 77.8 Å². The van der Waals surface area contributed by atoms with Crippen molar-refractivity contribution in [2.45, 2.75) is 18.0 Å². The van der Waals surface area contributed by atoms with E-state index in [2.05, 4.69) is 15.6 Å². The zero-order chi connectivity index (χ0) is 24.0. The number of carbonyl (C=O) groups is 2. The first-order valence-electron chi connectivity index (χ1n) is 10.7. The Morgan fingerprint density at radius 3 is 2.68 bits per heavy atom. The molecular weight excluding hydrogens is 456 g/mol. The molecule has 0 bridgehead atoms. The normalized spacial score (nSPS) is 14.3. The van der Waals surface area contributed by atoms with Gasteiger partial charge in [-0.15, -0.1) is 0 Å². The van der Waals surface area contributed by atoms with Gasteiger partial charge in [-0.3, -0.25) is 9.59 Å². The monoisotopic (exact) mass is 480 g/mol. The third kappa shape index (κ3) is 5.77. The summed E-state index contributed by atoms with van der Waals surface area (Å²) < 4.78 is 32.6. The molecule has 3 aromatic rings. The van der Waals surface area contributed by atoms with Crippen LogP contribution in [0.3, 0.4) is 0 Å². The molecule has 1 aliphatic rings. The minimum Gasteiger partial charge on any atom is -0.473 e. The molecule has 0 radical (unpaired) electrons. The molecule has 0 unspecified atom stereocenters. The highest BCUT2D eigenvalue weighted by Gasteiger charge is 2.29. The standard InChI is InChI=1S/C24H24N4O5S/c29-22-16-28(12-11-25-22)34(31,32)21-8-4-7-20(14-21)24(30)27-15-19-9-10-26-23(13-19)33-17-18-5-2-1-3-6-18/h1-10,13-14H,11-12,15-17H2,(H,25,29)(H,27,30). The molecule has 176 valence electrons. The van der Waals surface area contributed by atoms with Gasteiger partial charge in [0.25, 0.3) is 5.91 Å². The Morgan fingerprint density at radius 1 is 1.06 bits per heavy atom. The molecule has 2 N–H and O–H groups in total. The first-order valence-corrected chi connectivity index (χ1v) is 12.1. The second kappa shape index (κ2) is 10.4. The van der Waals surface area contributed by atoms with Crippen LogP contribution in [0.2, 0.25) is 0 Å². The van der Waals surface area contributed by atoms with Gasteiger partial charge < -0.3 is 15.4 Å². The number of ether oxygens (including phenoxy) is 1. The molecule has 1 aliphatic heterocycles. The van der Waals surface area contributed by atoms with Gasteiger partial charge in [-0.2, -0.15) is 4.31 Å². The van der Waals surface area contributed by atoms with Crippen LogP contribution in [0.25, 0.3) is 0 Å². The van der Waals surface area contributed by atoms with E-state index in [0.29, 0.717) is 12.5 Å². The smallest absolute Gasteiger partial charge is 0.251 e. The predicted octanol–water partition coefficient (Wildman–Crippen LogP) is 1.71. The van der Waals surface area contributed by atoms with E-state index in [1.807, 2.05) is 30.3 Å². The van der Waals surface area contributed by atoms with E-state index in [-0.39, 0.29) is 42.5 Å². The summed E-state index contributed by atoms with van der Waals surface area (Å²) in [7, 11) is -3.89. The zero-order valence-corrected chi connectivity index (χ0v) is 19.1. The maximum absolute atomic E-state index is 12.9. The minimum atomic E-state index is -3.89. The first-order chi connectivity index (χ1) is 16.4. The molecule has 4 rings (SSSR count). The molecular formula is C24H24N4O5S. The average molecular weight is 481 g/mol. The Kier molecular flexibility index (Phi) is 7.19. The fourth-order valence-electron chi connectivity index (χ4n) is 3.42. The highest BCUT2D eigenvalue weighted by atomic mass is 32.2. The van der Waals surface area contributed by atoms with Crippen molar-refractivity contribution in [3.63, 3.8) is 0 Å². The summed E-state index contributed by atoms with van der Waals surface area (Å²) in [5.74, 6) is -0.334. The Balaban J connectivity index is 1.38. The lowest BCUT2D eigenvalue weighted by atomic mass is 10.2. The van der Waals surface area contributed by atoms with Crippen molar-refractivity contribution < 1.29 is 22.7 Å². The number of amides is 2. The molecule has 1 saturated heterocycles. The van der Waals surface area contributed by atoms with E-state index in [0.717, 1.165) is 15.4 Å². The summed E-state index contributed by atoms with van der Waals surface area (Å²) in [6.45, 7) is 0.786. The number of carbonyl (C=O) groups excluding carboxylic acids is 2. The Morgan fingerprint density at radius 2 is 1.88 bits per heavy atom. The van der Waals surface area contributed by atoms with Crippen molar-refractivity contribution in [3.8, 4) is 5.88 Å². The van der Waals surface area contributed by atoms with E-state index in [4.69, 9.17) is 4.74 Å². The van der Waals surface area contributed by atoms with Crippen LogP contribution in [0.1, 0.15) is 21.5 Å².